The number of hydrogen-bond acceptors (Lipinski definition) is 0. The summed E-state index contributed by atoms with van der Waals surface area (Å²) in [7, 11) is 1.08. The van der Waals surface area contributed by atoms with Crippen molar-refractivity contribution in [3.63, 3.8) is 0 Å². The van der Waals surface area contributed by atoms with Gasteiger partial charge in [-0.3, -0.25) is 0 Å². The van der Waals surface area contributed by atoms with Crippen molar-refractivity contribution in [1.82, 2.24) is 0 Å². The number of unbranched alkanes of at least 4 members (excludes halogenated alkanes) is 2. The van der Waals surface area contributed by atoms with Crippen molar-refractivity contribution in [2.24, 2.45) is 0 Å². The van der Waals surface area contributed by atoms with Crippen molar-refractivity contribution in [3.05, 3.63) is 181 Å². The molecule has 8 aromatic carbocycles. The van der Waals surface area contributed by atoms with Crippen LogP contribution in [-0.2, 0) is 38.7 Å². The molecule has 0 atom stereocenters. The van der Waals surface area contributed by atoms with Gasteiger partial charge in [-0.1, -0.05) is 195 Å². The van der Waals surface area contributed by atoms with Gasteiger partial charge in [-0.25, -0.2) is 0 Å². The molecular weight excluding hydrogens is 831 g/mol. The van der Waals surface area contributed by atoms with Crippen LogP contribution in [0.2, 0.25) is 13.1 Å². The van der Waals surface area contributed by atoms with E-state index in [1.54, 1.807) is 0 Å². The van der Waals surface area contributed by atoms with Gasteiger partial charge >= 0.3 is 0 Å². The molecule has 0 amide bonds. The number of hydrogen-bond donors (Lipinski definition) is 0. The molecule has 54 heavy (non-hydrogen) atoms. The summed E-state index contributed by atoms with van der Waals surface area (Å²) < 4.78 is 0. The third-order valence-electron chi connectivity index (χ3n) is 9.93. The largest absolute Gasteiger partial charge is 0.144 e. The molecule has 0 unspecified atom stereocenters. The van der Waals surface area contributed by atoms with Crippen LogP contribution < -0.4 is 0 Å². The van der Waals surface area contributed by atoms with Gasteiger partial charge in [-0.2, -0.15) is 0 Å². The molecule has 270 valence electrons. The topological polar surface area (TPSA) is 0 Å². The first kappa shape index (κ1) is 40.8. The molecule has 2 heteroatoms. The summed E-state index contributed by atoms with van der Waals surface area (Å²) in [6, 6.07) is 61.7. The molecule has 0 saturated heterocycles. The molecule has 0 aliphatic carbocycles. The predicted octanol–water partition coefficient (Wildman–Crippen LogP) is 15.3. The molecule has 0 aliphatic heterocycles. The number of benzene rings is 6. The summed E-state index contributed by atoms with van der Waals surface area (Å²) >= 11 is 0. The Morgan fingerprint density at radius 2 is 0.778 bits per heavy atom. The van der Waals surface area contributed by atoms with E-state index in [2.05, 4.69) is 197 Å². The van der Waals surface area contributed by atoms with E-state index in [0.717, 1.165) is 22.4 Å². The Bertz CT molecular complexity index is 2140. The fourth-order valence-electron chi connectivity index (χ4n) is 7.27. The molecular formula is C52H52HfSi-2. The minimum Gasteiger partial charge on any atom is -0.144 e. The third-order valence-corrected chi connectivity index (χ3v) is 9.93. The minimum absolute atomic E-state index is 0. The molecule has 0 fully saturated rings. The van der Waals surface area contributed by atoms with Crippen LogP contribution in [0.5, 0.6) is 0 Å². The normalized spacial score (nSPS) is 10.6. The molecule has 8 rings (SSSR count). The summed E-state index contributed by atoms with van der Waals surface area (Å²) in [5.74, 6) is 0. The summed E-state index contributed by atoms with van der Waals surface area (Å²) in [6.45, 7) is 8.82. The maximum Gasteiger partial charge on any atom is 0.0307 e. The quantitative estimate of drug-likeness (QED) is 0.0948. The average Bonchev–Trinajstić information content (AvgIpc) is 3.86. The third kappa shape index (κ3) is 10.0. The molecule has 0 N–H and O–H groups in total. The molecule has 0 aromatic heterocycles. The molecule has 0 saturated carbocycles. The predicted molar refractivity (Wildman–Crippen MR) is 236 cm³/mol. The van der Waals surface area contributed by atoms with Gasteiger partial charge in [0.1, 0.15) is 0 Å². The van der Waals surface area contributed by atoms with Crippen LogP contribution in [0, 0.1) is 0 Å². The van der Waals surface area contributed by atoms with Gasteiger partial charge < -0.3 is 0 Å². The first-order chi connectivity index (χ1) is 26.1. The molecule has 2 radical (unpaired) electrons. The van der Waals surface area contributed by atoms with E-state index in [0.29, 0.717) is 0 Å². The molecule has 8 aromatic rings. The Labute approximate surface area is 345 Å². The zero-order valence-corrected chi connectivity index (χ0v) is 37.0. The van der Waals surface area contributed by atoms with Gasteiger partial charge in [0.25, 0.3) is 0 Å². The van der Waals surface area contributed by atoms with Crippen LogP contribution in [0.4, 0.5) is 0 Å². The molecule has 0 aliphatic rings. The van der Waals surface area contributed by atoms with E-state index in [-0.39, 0.29) is 25.8 Å². The van der Waals surface area contributed by atoms with Crippen LogP contribution in [0.25, 0.3) is 66.1 Å². The fraction of sp³-hybridized carbons (Fsp3) is 0.192. The SMILES string of the molecule is CCCCc1ccccc1-c1cccc2[cH-]c(-c3ccccc3)cc12.CCCCc1ccccc1-c1cccc2[cH-]c(-c3ccccc3)cc12.C[Si]C.[Hf]. The Kier molecular flexibility index (Phi) is 15.8. The van der Waals surface area contributed by atoms with Crippen molar-refractivity contribution in [3.8, 4) is 44.5 Å². The van der Waals surface area contributed by atoms with E-state index < -0.39 is 0 Å². The molecule has 0 heterocycles. The smallest absolute Gasteiger partial charge is 0.0307 e. The van der Waals surface area contributed by atoms with Gasteiger partial charge in [0, 0.05) is 35.4 Å². The Morgan fingerprint density at radius 1 is 0.426 bits per heavy atom. The van der Waals surface area contributed by atoms with E-state index in [1.165, 1.54) is 103 Å². The van der Waals surface area contributed by atoms with Crippen molar-refractivity contribution >= 4 is 31.1 Å². The Morgan fingerprint density at radius 3 is 1.17 bits per heavy atom. The monoisotopic (exact) mass is 884 g/mol. The van der Waals surface area contributed by atoms with Crippen molar-refractivity contribution < 1.29 is 25.8 Å². The van der Waals surface area contributed by atoms with Crippen LogP contribution in [0.3, 0.4) is 0 Å². The Balaban J connectivity index is 0.000000190. The zero-order valence-electron chi connectivity index (χ0n) is 32.4. The zero-order chi connectivity index (χ0) is 36.8. The van der Waals surface area contributed by atoms with Gasteiger partial charge in [0.2, 0.25) is 0 Å². The number of fused-ring (bicyclic) bond motifs is 2. The first-order valence-corrected chi connectivity index (χ1v) is 21.4. The van der Waals surface area contributed by atoms with Crippen LogP contribution in [0.1, 0.15) is 50.7 Å². The van der Waals surface area contributed by atoms with Crippen molar-refractivity contribution in [2.75, 3.05) is 0 Å². The standard InChI is InChI=1S/2C25H23.C2H6Si.Hf/c2*1-2-3-10-20-13-7-8-15-23(20)24-16-9-14-21-17-22(18-25(21)24)19-11-5-4-6-12-19;1-3-2;/h2*4-9,11-18H,2-3,10H2,1H3;1-2H3;/q2*-1;;. The average molecular weight is 884 g/mol. The van der Waals surface area contributed by atoms with E-state index in [9.17, 15) is 0 Å². The summed E-state index contributed by atoms with van der Waals surface area (Å²) in [4.78, 5) is 0. The minimum atomic E-state index is 0. The van der Waals surface area contributed by atoms with Crippen molar-refractivity contribution in [2.45, 2.75) is 65.5 Å². The fourth-order valence-corrected chi connectivity index (χ4v) is 7.27. The van der Waals surface area contributed by atoms with Crippen LogP contribution in [-0.4, -0.2) is 9.52 Å². The van der Waals surface area contributed by atoms with Crippen LogP contribution >= 0.6 is 0 Å². The molecule has 0 bridgehead atoms. The summed E-state index contributed by atoms with van der Waals surface area (Å²) in [6.07, 6.45) is 7.23. The second-order valence-electron chi connectivity index (χ2n) is 13.9. The van der Waals surface area contributed by atoms with Crippen molar-refractivity contribution in [1.29, 1.82) is 0 Å². The van der Waals surface area contributed by atoms with Gasteiger partial charge in [-0.15, -0.1) is 69.1 Å². The second-order valence-corrected chi connectivity index (χ2v) is 14.9. The second kappa shape index (κ2) is 20.9. The number of rotatable bonds is 10. The van der Waals surface area contributed by atoms with E-state index >= 15 is 0 Å². The summed E-state index contributed by atoms with van der Waals surface area (Å²) in [5.41, 5.74) is 13.5. The maximum absolute atomic E-state index is 2.34. The van der Waals surface area contributed by atoms with Crippen LogP contribution in [0.15, 0.2) is 170 Å². The Hall–Kier alpha value is -4.37. The molecule has 0 spiro atoms. The first-order valence-electron chi connectivity index (χ1n) is 19.4. The maximum atomic E-state index is 2.34. The number of aryl methyl sites for hydroxylation is 2. The van der Waals surface area contributed by atoms with E-state index in [4.69, 9.17) is 0 Å². The summed E-state index contributed by atoms with van der Waals surface area (Å²) in [5, 5.41) is 5.35. The van der Waals surface area contributed by atoms with E-state index in [1.807, 2.05) is 0 Å². The van der Waals surface area contributed by atoms with Gasteiger partial charge in [0.15, 0.2) is 0 Å². The van der Waals surface area contributed by atoms with Gasteiger partial charge in [-0.05, 0) is 47.9 Å². The van der Waals surface area contributed by atoms with Gasteiger partial charge in [0.05, 0.1) is 0 Å². The molecule has 0 nitrogen and oxygen atoms in total.